The summed E-state index contributed by atoms with van der Waals surface area (Å²) >= 11 is 0. The molecule has 0 bridgehead atoms. The molecule has 0 radical (unpaired) electrons. The van der Waals surface area contributed by atoms with Crippen LogP contribution < -0.4 is 0 Å². The SMILES string of the molecule is CCCCCCCCOC(=O)CC(C(=O)OCCCCCCCC)C(O)(O)C(=O)OCCCCCCCC. The van der Waals surface area contributed by atoms with Crippen molar-refractivity contribution < 1.29 is 38.8 Å². The molecule has 0 aromatic rings. The van der Waals surface area contributed by atoms with Gasteiger partial charge in [0.1, 0.15) is 5.92 Å². The summed E-state index contributed by atoms with van der Waals surface area (Å²) < 4.78 is 15.5. The van der Waals surface area contributed by atoms with E-state index >= 15 is 0 Å². The molecule has 0 spiro atoms. The highest BCUT2D eigenvalue weighted by Gasteiger charge is 2.50. The number of hydrogen-bond acceptors (Lipinski definition) is 8. The monoisotopic (exact) mass is 544 g/mol. The Morgan fingerprint density at radius 1 is 0.553 bits per heavy atom. The highest BCUT2D eigenvalue weighted by molar-refractivity contribution is 5.88. The molecule has 0 saturated carbocycles. The Morgan fingerprint density at radius 2 is 0.921 bits per heavy atom. The predicted octanol–water partition coefficient (Wildman–Crippen LogP) is 6.38. The van der Waals surface area contributed by atoms with Crippen molar-refractivity contribution in [1.82, 2.24) is 0 Å². The normalized spacial score (nSPS) is 12.2. The van der Waals surface area contributed by atoms with E-state index in [9.17, 15) is 24.6 Å². The molecule has 1 unspecified atom stereocenters. The average Bonchev–Trinajstić information content (AvgIpc) is 2.89. The first-order valence-corrected chi connectivity index (χ1v) is 15.2. The maximum absolute atomic E-state index is 12.8. The van der Waals surface area contributed by atoms with Crippen LogP contribution in [-0.4, -0.2) is 53.7 Å². The van der Waals surface area contributed by atoms with E-state index in [4.69, 9.17) is 14.2 Å². The molecular weight excluding hydrogens is 488 g/mol. The summed E-state index contributed by atoms with van der Waals surface area (Å²) in [6, 6.07) is 0. The lowest BCUT2D eigenvalue weighted by molar-refractivity contribution is -0.233. The number of hydrogen-bond donors (Lipinski definition) is 2. The molecule has 0 aliphatic rings. The Kier molecular flexibility index (Phi) is 23.3. The number of esters is 3. The van der Waals surface area contributed by atoms with Gasteiger partial charge in [-0.3, -0.25) is 9.59 Å². The van der Waals surface area contributed by atoms with Gasteiger partial charge in [-0.15, -0.1) is 0 Å². The molecule has 0 amide bonds. The summed E-state index contributed by atoms with van der Waals surface area (Å²) in [5.74, 6) is -8.15. The van der Waals surface area contributed by atoms with Gasteiger partial charge in [0.25, 0.3) is 5.79 Å². The zero-order valence-corrected chi connectivity index (χ0v) is 24.5. The topological polar surface area (TPSA) is 119 Å². The van der Waals surface area contributed by atoms with E-state index in [1.54, 1.807) is 0 Å². The molecule has 0 heterocycles. The molecule has 1 atom stereocenters. The summed E-state index contributed by atoms with van der Waals surface area (Å²) in [6.07, 6.45) is 17.2. The summed E-state index contributed by atoms with van der Waals surface area (Å²) in [4.78, 5) is 37.7. The molecule has 224 valence electrons. The third-order valence-corrected chi connectivity index (χ3v) is 6.68. The number of unbranched alkanes of at least 4 members (excludes halogenated alkanes) is 15. The summed E-state index contributed by atoms with van der Waals surface area (Å²) in [5.41, 5.74) is 0. The van der Waals surface area contributed by atoms with Crippen LogP contribution in [0, 0.1) is 5.92 Å². The Bertz CT molecular complexity index is 605. The fraction of sp³-hybridized carbons (Fsp3) is 0.900. The number of rotatable bonds is 26. The maximum atomic E-state index is 12.8. The number of carbonyl (C=O) groups is 3. The van der Waals surface area contributed by atoms with Crippen molar-refractivity contribution in [3.63, 3.8) is 0 Å². The molecule has 0 aliphatic carbocycles. The first-order valence-electron chi connectivity index (χ1n) is 15.2. The molecule has 8 nitrogen and oxygen atoms in total. The highest BCUT2D eigenvalue weighted by Crippen LogP contribution is 2.24. The molecule has 0 saturated heterocycles. The van der Waals surface area contributed by atoms with Crippen molar-refractivity contribution >= 4 is 17.9 Å². The van der Waals surface area contributed by atoms with Gasteiger partial charge in [0.05, 0.1) is 26.2 Å². The maximum Gasteiger partial charge on any atom is 0.367 e. The van der Waals surface area contributed by atoms with Crippen LogP contribution in [0.25, 0.3) is 0 Å². The van der Waals surface area contributed by atoms with Crippen LogP contribution in [0.2, 0.25) is 0 Å². The fourth-order valence-electron chi connectivity index (χ4n) is 4.14. The molecule has 8 heteroatoms. The second-order valence-electron chi connectivity index (χ2n) is 10.3. The van der Waals surface area contributed by atoms with Crippen molar-refractivity contribution in [1.29, 1.82) is 0 Å². The van der Waals surface area contributed by atoms with Gasteiger partial charge in [0, 0.05) is 0 Å². The zero-order valence-electron chi connectivity index (χ0n) is 24.5. The second-order valence-corrected chi connectivity index (χ2v) is 10.3. The minimum Gasteiger partial charge on any atom is -0.466 e. The molecule has 0 fully saturated rings. The summed E-state index contributed by atoms with van der Waals surface area (Å²) in [7, 11) is 0. The van der Waals surface area contributed by atoms with Crippen LogP contribution in [0.5, 0.6) is 0 Å². The van der Waals surface area contributed by atoms with E-state index in [0.29, 0.717) is 19.3 Å². The second kappa shape index (κ2) is 24.4. The molecule has 0 aromatic carbocycles. The molecule has 0 aliphatic heterocycles. The Hall–Kier alpha value is -1.67. The number of aliphatic hydroxyl groups is 2. The van der Waals surface area contributed by atoms with Crippen LogP contribution in [0.3, 0.4) is 0 Å². The van der Waals surface area contributed by atoms with Crippen LogP contribution in [0.4, 0.5) is 0 Å². The third-order valence-electron chi connectivity index (χ3n) is 6.68. The molecular formula is C30H56O8. The van der Waals surface area contributed by atoms with Crippen molar-refractivity contribution in [2.75, 3.05) is 19.8 Å². The fourth-order valence-corrected chi connectivity index (χ4v) is 4.14. The van der Waals surface area contributed by atoms with Crippen molar-refractivity contribution in [3.8, 4) is 0 Å². The zero-order chi connectivity index (χ0) is 28.5. The van der Waals surface area contributed by atoms with Gasteiger partial charge in [-0.05, 0) is 19.3 Å². The minimum absolute atomic E-state index is 0.00976. The van der Waals surface area contributed by atoms with Crippen molar-refractivity contribution in [2.45, 2.75) is 149 Å². The Morgan fingerprint density at radius 3 is 1.37 bits per heavy atom. The van der Waals surface area contributed by atoms with E-state index in [1.807, 2.05) is 0 Å². The van der Waals surface area contributed by atoms with E-state index < -0.39 is 36.0 Å². The largest absolute Gasteiger partial charge is 0.466 e. The van der Waals surface area contributed by atoms with E-state index in [2.05, 4.69) is 20.8 Å². The van der Waals surface area contributed by atoms with Gasteiger partial charge in [-0.25, -0.2) is 4.79 Å². The van der Waals surface area contributed by atoms with Gasteiger partial charge < -0.3 is 24.4 Å². The highest BCUT2D eigenvalue weighted by atomic mass is 16.6. The van der Waals surface area contributed by atoms with Gasteiger partial charge in [0.15, 0.2) is 0 Å². The van der Waals surface area contributed by atoms with Crippen LogP contribution in [0.15, 0.2) is 0 Å². The van der Waals surface area contributed by atoms with Gasteiger partial charge >= 0.3 is 17.9 Å². The number of ether oxygens (including phenoxy) is 3. The molecule has 2 N–H and O–H groups in total. The lowest BCUT2D eigenvalue weighted by Gasteiger charge is -2.27. The molecule has 0 aromatic heterocycles. The Balaban J connectivity index is 4.84. The van der Waals surface area contributed by atoms with Crippen LogP contribution >= 0.6 is 0 Å². The molecule has 38 heavy (non-hydrogen) atoms. The van der Waals surface area contributed by atoms with Crippen molar-refractivity contribution in [3.05, 3.63) is 0 Å². The smallest absolute Gasteiger partial charge is 0.367 e. The Labute approximate surface area is 231 Å². The number of carbonyl (C=O) groups excluding carboxylic acids is 3. The minimum atomic E-state index is -3.18. The lowest BCUT2D eigenvalue weighted by Crippen LogP contribution is -2.51. The van der Waals surface area contributed by atoms with Crippen LogP contribution in [-0.2, 0) is 28.6 Å². The summed E-state index contributed by atoms with van der Waals surface area (Å²) in [6.45, 7) is 6.67. The first kappa shape index (κ1) is 36.3. The molecule has 0 rings (SSSR count). The quantitative estimate of drug-likeness (QED) is 0.0557. The van der Waals surface area contributed by atoms with Crippen LogP contribution in [0.1, 0.15) is 143 Å². The summed E-state index contributed by atoms with van der Waals surface area (Å²) in [5, 5.41) is 21.2. The average molecular weight is 545 g/mol. The van der Waals surface area contributed by atoms with E-state index in [0.717, 1.165) is 89.9 Å². The van der Waals surface area contributed by atoms with Gasteiger partial charge in [-0.1, -0.05) is 117 Å². The standard InChI is InChI=1S/C30H56O8/c1-4-7-10-13-16-19-22-36-27(31)25-26(28(32)37-23-20-17-14-11-8-5-2)30(34,35)29(33)38-24-21-18-15-12-9-6-3/h26,34-35H,4-25H2,1-3H3. The van der Waals surface area contributed by atoms with Gasteiger partial charge in [-0.2, -0.15) is 0 Å². The predicted molar refractivity (Wildman–Crippen MR) is 148 cm³/mol. The van der Waals surface area contributed by atoms with E-state index in [1.165, 1.54) is 6.42 Å². The first-order chi connectivity index (χ1) is 18.3. The van der Waals surface area contributed by atoms with E-state index in [-0.39, 0.29) is 19.8 Å². The third kappa shape index (κ3) is 18.6. The lowest BCUT2D eigenvalue weighted by atomic mass is 9.95. The van der Waals surface area contributed by atoms with Gasteiger partial charge in [0.2, 0.25) is 0 Å². The van der Waals surface area contributed by atoms with Crippen molar-refractivity contribution in [2.24, 2.45) is 5.92 Å².